The molecule has 40 heavy (non-hydrogen) atoms. The van der Waals surface area contributed by atoms with Crippen LogP contribution in [0.2, 0.25) is 5.02 Å². The van der Waals surface area contributed by atoms with Crippen LogP contribution in [0.3, 0.4) is 0 Å². The van der Waals surface area contributed by atoms with Gasteiger partial charge >= 0.3 is 0 Å². The van der Waals surface area contributed by atoms with Crippen LogP contribution in [0.5, 0.6) is 11.5 Å². The number of anilines is 2. The minimum atomic E-state index is -4.20. The molecule has 0 aliphatic carbocycles. The van der Waals surface area contributed by atoms with Crippen molar-refractivity contribution >= 4 is 48.9 Å². The minimum absolute atomic E-state index is 0.0552. The number of hydrogen-bond acceptors (Lipinski definition) is 7. The van der Waals surface area contributed by atoms with E-state index in [0.29, 0.717) is 18.8 Å². The second-order valence-corrected chi connectivity index (χ2v) is 13.3. The van der Waals surface area contributed by atoms with Crippen molar-refractivity contribution in [1.29, 1.82) is 0 Å². The second-order valence-electron chi connectivity index (χ2n) is 9.05. The standard InChI is InChI=1S/C27H30ClN3O7S2/c1-37-23-10-12-24(13-11-23)39(33,34)31(22-8-6-7-20(28)17-22)19-27(32)29-21-9-14-25(38-2)26(18-21)40(35,36)30-15-4-3-5-16-30/h6-14,17-18H,3-5,15-16,19H2,1-2H3,(H,29,32). The molecule has 0 radical (unpaired) electrons. The first-order valence-corrected chi connectivity index (χ1v) is 15.7. The van der Waals surface area contributed by atoms with Crippen LogP contribution in [-0.4, -0.2) is 60.9 Å². The van der Waals surface area contributed by atoms with E-state index in [1.165, 1.54) is 73.1 Å². The first-order chi connectivity index (χ1) is 19.1. The number of carbonyl (C=O) groups is 1. The van der Waals surface area contributed by atoms with E-state index in [4.69, 9.17) is 21.1 Å². The van der Waals surface area contributed by atoms with E-state index in [-0.39, 0.29) is 31.9 Å². The fourth-order valence-corrected chi connectivity index (χ4v) is 7.65. The van der Waals surface area contributed by atoms with Gasteiger partial charge < -0.3 is 14.8 Å². The molecule has 1 heterocycles. The molecule has 4 rings (SSSR count). The van der Waals surface area contributed by atoms with Gasteiger partial charge in [-0.1, -0.05) is 24.1 Å². The third kappa shape index (κ3) is 6.52. The van der Waals surface area contributed by atoms with Crippen LogP contribution in [-0.2, 0) is 24.8 Å². The summed E-state index contributed by atoms with van der Waals surface area (Å²) in [7, 11) is -5.24. The first-order valence-electron chi connectivity index (χ1n) is 12.5. The summed E-state index contributed by atoms with van der Waals surface area (Å²) in [5.41, 5.74) is 0.357. The Bertz CT molecular complexity index is 1570. The Labute approximate surface area is 239 Å². The molecule has 10 nitrogen and oxygen atoms in total. The first kappa shape index (κ1) is 29.7. The molecule has 1 N–H and O–H groups in total. The quantitative estimate of drug-likeness (QED) is 0.363. The maximum Gasteiger partial charge on any atom is 0.264 e. The normalized spacial score (nSPS) is 14.4. The van der Waals surface area contributed by atoms with E-state index in [9.17, 15) is 21.6 Å². The highest BCUT2D eigenvalue weighted by Gasteiger charge is 2.30. The van der Waals surface area contributed by atoms with Gasteiger partial charge in [0.1, 0.15) is 22.9 Å². The molecule has 1 saturated heterocycles. The highest BCUT2D eigenvalue weighted by atomic mass is 35.5. The van der Waals surface area contributed by atoms with Crippen LogP contribution in [0.15, 0.2) is 76.5 Å². The fraction of sp³-hybridized carbons (Fsp3) is 0.296. The average molecular weight is 608 g/mol. The maximum atomic E-state index is 13.6. The Morgan fingerprint density at radius 3 is 2.25 bits per heavy atom. The highest BCUT2D eigenvalue weighted by molar-refractivity contribution is 7.92. The van der Waals surface area contributed by atoms with Crippen molar-refractivity contribution in [2.75, 3.05) is 43.5 Å². The van der Waals surface area contributed by atoms with Crippen molar-refractivity contribution in [2.24, 2.45) is 0 Å². The summed E-state index contributed by atoms with van der Waals surface area (Å²) in [6, 6.07) is 16.2. The minimum Gasteiger partial charge on any atom is -0.497 e. The fourth-order valence-electron chi connectivity index (χ4n) is 4.35. The summed E-state index contributed by atoms with van der Waals surface area (Å²) in [5, 5.41) is 2.92. The van der Waals surface area contributed by atoms with Gasteiger partial charge in [-0.2, -0.15) is 4.31 Å². The summed E-state index contributed by atoms with van der Waals surface area (Å²) in [4.78, 5) is 13.1. The lowest BCUT2D eigenvalue weighted by atomic mass is 10.2. The predicted molar refractivity (Wildman–Crippen MR) is 153 cm³/mol. The molecule has 1 fully saturated rings. The number of amides is 1. The van der Waals surface area contributed by atoms with Crippen molar-refractivity contribution in [3.8, 4) is 11.5 Å². The number of hydrogen-bond donors (Lipinski definition) is 1. The summed E-state index contributed by atoms with van der Waals surface area (Å²) in [6.45, 7) is 0.203. The smallest absolute Gasteiger partial charge is 0.264 e. The summed E-state index contributed by atoms with van der Waals surface area (Å²) >= 11 is 6.13. The van der Waals surface area contributed by atoms with E-state index < -0.39 is 32.5 Å². The Morgan fingerprint density at radius 2 is 1.62 bits per heavy atom. The number of nitrogens with one attached hydrogen (secondary N) is 1. The molecule has 0 atom stereocenters. The number of methoxy groups -OCH3 is 2. The van der Waals surface area contributed by atoms with Gasteiger partial charge in [-0.25, -0.2) is 16.8 Å². The predicted octanol–water partition coefficient (Wildman–Crippen LogP) is 4.37. The lowest BCUT2D eigenvalue weighted by Gasteiger charge is -2.27. The molecule has 3 aromatic rings. The SMILES string of the molecule is COc1ccc(S(=O)(=O)N(CC(=O)Nc2ccc(OC)c(S(=O)(=O)N3CCCCC3)c2)c2cccc(Cl)c2)cc1. The number of nitrogens with zero attached hydrogens (tertiary/aromatic N) is 2. The molecule has 0 aromatic heterocycles. The zero-order chi connectivity index (χ0) is 28.9. The number of ether oxygens (including phenoxy) is 2. The van der Waals surface area contributed by atoms with Gasteiger partial charge in [0.2, 0.25) is 15.9 Å². The van der Waals surface area contributed by atoms with E-state index in [1.807, 2.05) is 0 Å². The Kier molecular flexibility index (Phi) is 9.24. The largest absolute Gasteiger partial charge is 0.497 e. The van der Waals surface area contributed by atoms with Gasteiger partial charge in [0.05, 0.1) is 24.8 Å². The van der Waals surface area contributed by atoms with Gasteiger partial charge in [-0.15, -0.1) is 0 Å². The van der Waals surface area contributed by atoms with Gasteiger partial charge in [0, 0.05) is 23.8 Å². The molecule has 214 valence electrons. The zero-order valence-corrected chi connectivity index (χ0v) is 24.4. The second kappa shape index (κ2) is 12.5. The van der Waals surface area contributed by atoms with Crippen LogP contribution in [0.25, 0.3) is 0 Å². The molecule has 1 amide bonds. The molecular formula is C27H30ClN3O7S2. The molecule has 3 aromatic carbocycles. The Morgan fingerprint density at radius 1 is 0.925 bits per heavy atom. The van der Waals surface area contributed by atoms with Gasteiger partial charge in [0.15, 0.2) is 0 Å². The van der Waals surface area contributed by atoms with E-state index in [2.05, 4.69) is 5.32 Å². The van der Waals surface area contributed by atoms with E-state index in [0.717, 1.165) is 23.6 Å². The third-order valence-electron chi connectivity index (χ3n) is 6.41. The lowest BCUT2D eigenvalue weighted by molar-refractivity contribution is -0.114. The Balaban J connectivity index is 1.64. The number of rotatable bonds is 10. The van der Waals surface area contributed by atoms with Crippen molar-refractivity contribution in [2.45, 2.75) is 29.1 Å². The number of piperidine rings is 1. The third-order valence-corrected chi connectivity index (χ3v) is 10.4. The van der Waals surface area contributed by atoms with Crippen LogP contribution in [0, 0.1) is 0 Å². The average Bonchev–Trinajstić information content (AvgIpc) is 2.96. The number of halogens is 1. The number of benzene rings is 3. The van der Waals surface area contributed by atoms with Crippen molar-refractivity contribution in [3.05, 3.63) is 71.8 Å². The number of sulfonamides is 2. The van der Waals surface area contributed by atoms with E-state index in [1.54, 1.807) is 12.1 Å². The molecule has 0 spiro atoms. The topological polar surface area (TPSA) is 122 Å². The summed E-state index contributed by atoms with van der Waals surface area (Å²) in [5.74, 6) is -0.0735. The monoisotopic (exact) mass is 607 g/mol. The van der Waals surface area contributed by atoms with Gasteiger partial charge in [-0.3, -0.25) is 9.10 Å². The zero-order valence-electron chi connectivity index (χ0n) is 22.0. The van der Waals surface area contributed by atoms with Crippen molar-refractivity contribution in [1.82, 2.24) is 4.31 Å². The molecule has 13 heteroatoms. The molecular weight excluding hydrogens is 578 g/mol. The van der Waals surface area contributed by atoms with Crippen LogP contribution in [0.1, 0.15) is 19.3 Å². The van der Waals surface area contributed by atoms with Crippen LogP contribution in [0.4, 0.5) is 11.4 Å². The summed E-state index contributed by atoms with van der Waals surface area (Å²) < 4.78 is 66.7. The molecule has 0 bridgehead atoms. The molecule has 1 aliphatic heterocycles. The van der Waals surface area contributed by atoms with Crippen LogP contribution < -0.4 is 19.1 Å². The van der Waals surface area contributed by atoms with Crippen molar-refractivity contribution in [3.63, 3.8) is 0 Å². The summed E-state index contributed by atoms with van der Waals surface area (Å²) in [6.07, 6.45) is 2.49. The molecule has 0 saturated carbocycles. The maximum absolute atomic E-state index is 13.6. The van der Waals surface area contributed by atoms with E-state index >= 15 is 0 Å². The Hall–Kier alpha value is -3.32. The molecule has 0 unspecified atom stereocenters. The highest BCUT2D eigenvalue weighted by Crippen LogP contribution is 2.32. The van der Waals surface area contributed by atoms with Gasteiger partial charge in [-0.05, 0) is 73.5 Å². The lowest BCUT2D eigenvalue weighted by Crippen LogP contribution is -2.38. The van der Waals surface area contributed by atoms with Crippen molar-refractivity contribution < 1.29 is 31.1 Å². The van der Waals surface area contributed by atoms with Gasteiger partial charge in [0.25, 0.3) is 10.0 Å². The van der Waals surface area contributed by atoms with Crippen LogP contribution >= 0.6 is 11.6 Å². The number of carbonyl (C=O) groups excluding carboxylic acids is 1. The molecule has 1 aliphatic rings.